The summed E-state index contributed by atoms with van der Waals surface area (Å²) in [5, 5.41) is 19.9. The molecular weight excluding hydrogens is 792 g/mol. The molecule has 0 radical (unpaired) electrons. The van der Waals surface area contributed by atoms with Gasteiger partial charge in [-0.25, -0.2) is 0 Å². The lowest BCUT2D eigenvalue weighted by atomic mass is 9.82. The molecule has 2 saturated heterocycles. The number of piperazine rings is 1. The maximum Gasteiger partial charge on any atom is 0.264 e. The highest BCUT2D eigenvalue weighted by Crippen LogP contribution is 2.35. The highest BCUT2D eigenvalue weighted by molar-refractivity contribution is 6.32. The molecule has 3 fully saturated rings. The molecule has 4 aromatic rings. The van der Waals surface area contributed by atoms with Gasteiger partial charge in [0.2, 0.25) is 17.7 Å². The van der Waals surface area contributed by atoms with Crippen LogP contribution in [0.2, 0.25) is 5.02 Å². The third kappa shape index (κ3) is 8.67. The second-order valence-corrected chi connectivity index (χ2v) is 16.7. The normalized spacial score (nSPS) is 20.5. The number of nitrogens with zero attached hydrogens (tertiary/aromatic N) is 6. The minimum absolute atomic E-state index is 0.0156. The summed E-state index contributed by atoms with van der Waals surface area (Å²) in [7, 11) is 0. The molecule has 1 atom stereocenters. The van der Waals surface area contributed by atoms with Gasteiger partial charge in [0, 0.05) is 74.3 Å². The lowest BCUT2D eigenvalue weighted by molar-refractivity contribution is -0.136. The molecule has 3 aromatic carbocycles. The number of carbonyl (C=O) groups excluding carboxylic acids is 5. The first kappa shape index (κ1) is 41.5. The molecule has 5 amide bonds. The van der Waals surface area contributed by atoms with Gasteiger partial charge in [-0.2, -0.15) is 10.4 Å². The number of nitrogens with one attached hydrogen (secondary N) is 2. The number of rotatable bonds is 9. The fraction of sp³-hybridized carbons (Fsp3) is 0.383. The first-order chi connectivity index (χ1) is 29.5. The number of hydrogen-bond acceptors (Lipinski definition) is 9. The van der Waals surface area contributed by atoms with Crippen molar-refractivity contribution < 1.29 is 24.0 Å². The van der Waals surface area contributed by atoms with Crippen molar-refractivity contribution in [1.29, 1.82) is 5.26 Å². The Bertz CT molecular complexity index is 2520. The van der Waals surface area contributed by atoms with Crippen LogP contribution < -0.4 is 15.5 Å². The van der Waals surface area contributed by atoms with Crippen molar-refractivity contribution in [1.82, 2.24) is 30.2 Å². The molecule has 1 aromatic heterocycles. The van der Waals surface area contributed by atoms with E-state index in [1.165, 1.54) is 0 Å². The third-order valence-electron chi connectivity index (χ3n) is 12.6. The van der Waals surface area contributed by atoms with Crippen LogP contribution in [0.15, 0.2) is 60.7 Å². The number of carbonyl (C=O) groups is 5. The van der Waals surface area contributed by atoms with E-state index in [-0.39, 0.29) is 36.1 Å². The average Bonchev–Trinajstić information content (AvgIpc) is 3.69. The second-order valence-electron chi connectivity index (χ2n) is 16.3. The lowest BCUT2D eigenvalue weighted by Crippen LogP contribution is -2.54. The number of nitriles is 1. The van der Waals surface area contributed by atoms with Crippen molar-refractivity contribution in [2.75, 3.05) is 44.2 Å². The molecule has 0 spiro atoms. The fourth-order valence-electron chi connectivity index (χ4n) is 8.82. The molecule has 0 bridgehead atoms. The summed E-state index contributed by atoms with van der Waals surface area (Å²) in [6, 6.07) is 20.0. The standard InChI is InChI=1S/C47H47ClN8O5/c1-29-30(2)55(52-43(29)35-16-17-36(27-49)38(48)26-35)28-33-10-8-31(9-11-33)6-7-32-12-14-34(15-13-32)44(58)50-20-21-53-22-24-54(25-23-53)39-5-3-4-37-42(39)47(61)56(46(37)60)40-18-19-41(57)51-45(40)59/h3-5,8-11,16-17,26,32,34,40H,12-15,18-25,28H2,1-2H3,(H,50,58)(H,51,57,59). The first-order valence-electron chi connectivity index (χ1n) is 20.9. The van der Waals surface area contributed by atoms with Crippen LogP contribution in [-0.4, -0.2) is 94.4 Å². The van der Waals surface area contributed by atoms with E-state index in [1.54, 1.807) is 24.3 Å². The summed E-state index contributed by atoms with van der Waals surface area (Å²) in [5.41, 5.74) is 7.64. The van der Waals surface area contributed by atoms with Gasteiger partial charge in [0.05, 0.1) is 39.6 Å². The maximum atomic E-state index is 13.6. The Morgan fingerprint density at radius 2 is 1.69 bits per heavy atom. The molecule has 3 aliphatic heterocycles. The summed E-state index contributed by atoms with van der Waals surface area (Å²) in [5.74, 6) is 5.10. The van der Waals surface area contributed by atoms with Crippen LogP contribution in [0.25, 0.3) is 11.3 Å². The van der Waals surface area contributed by atoms with Crippen molar-refractivity contribution in [3.8, 4) is 29.2 Å². The molecule has 13 nitrogen and oxygen atoms in total. The van der Waals surface area contributed by atoms with Crippen LogP contribution in [-0.2, 0) is 20.9 Å². The molecule has 1 unspecified atom stereocenters. The number of aromatic nitrogens is 2. The van der Waals surface area contributed by atoms with Crippen molar-refractivity contribution in [2.45, 2.75) is 65.0 Å². The molecular formula is C47H47ClN8O5. The van der Waals surface area contributed by atoms with Crippen molar-refractivity contribution >= 4 is 46.8 Å². The minimum atomic E-state index is -1.00. The van der Waals surface area contributed by atoms with Crippen LogP contribution in [0, 0.1) is 48.9 Å². The average molecular weight is 839 g/mol. The maximum absolute atomic E-state index is 13.6. The zero-order chi connectivity index (χ0) is 42.8. The van der Waals surface area contributed by atoms with Gasteiger partial charge in [0.15, 0.2) is 0 Å². The monoisotopic (exact) mass is 838 g/mol. The molecule has 1 aliphatic carbocycles. The van der Waals surface area contributed by atoms with E-state index < -0.39 is 29.7 Å². The Balaban J connectivity index is 0.763. The van der Waals surface area contributed by atoms with Gasteiger partial charge in [-0.1, -0.05) is 47.7 Å². The van der Waals surface area contributed by atoms with Gasteiger partial charge in [0.25, 0.3) is 11.8 Å². The predicted octanol–water partition coefficient (Wildman–Crippen LogP) is 5.24. The number of piperidine rings is 1. The van der Waals surface area contributed by atoms with E-state index in [2.05, 4.69) is 57.4 Å². The summed E-state index contributed by atoms with van der Waals surface area (Å²) in [6.45, 7) is 8.72. The van der Waals surface area contributed by atoms with Crippen molar-refractivity contribution in [2.24, 2.45) is 11.8 Å². The zero-order valence-electron chi connectivity index (χ0n) is 34.3. The van der Waals surface area contributed by atoms with Gasteiger partial charge >= 0.3 is 0 Å². The SMILES string of the molecule is Cc1c(-c2ccc(C#N)c(Cl)c2)nn(Cc2ccc(C#CC3CCC(C(=O)NCCN4CCN(c5cccc6c5C(=O)N(C5CCC(=O)NC5=O)C6=O)CC4)CC3)cc2)c1C. The largest absolute Gasteiger partial charge is 0.368 e. The molecule has 312 valence electrons. The molecule has 2 N–H and O–H groups in total. The molecule has 4 aliphatic rings. The van der Waals surface area contributed by atoms with Gasteiger partial charge in [0.1, 0.15) is 12.1 Å². The summed E-state index contributed by atoms with van der Waals surface area (Å²) in [6.07, 6.45) is 3.59. The first-order valence-corrected chi connectivity index (χ1v) is 21.3. The quantitative estimate of drug-likeness (QED) is 0.170. The molecule has 4 heterocycles. The summed E-state index contributed by atoms with van der Waals surface area (Å²) >= 11 is 6.30. The summed E-state index contributed by atoms with van der Waals surface area (Å²) < 4.78 is 1.99. The number of anilines is 1. The molecule has 14 heteroatoms. The second kappa shape index (κ2) is 17.7. The Morgan fingerprint density at radius 3 is 2.39 bits per heavy atom. The van der Waals surface area contributed by atoms with Gasteiger partial charge in [-0.05, 0) is 93.5 Å². The van der Waals surface area contributed by atoms with Crippen LogP contribution in [0.3, 0.4) is 0 Å². The topological polar surface area (TPSA) is 161 Å². The number of benzene rings is 3. The molecule has 8 rings (SSSR count). The molecule has 61 heavy (non-hydrogen) atoms. The van der Waals surface area contributed by atoms with E-state index in [9.17, 15) is 29.2 Å². The van der Waals surface area contributed by atoms with Crippen LogP contribution >= 0.6 is 11.6 Å². The van der Waals surface area contributed by atoms with Gasteiger partial charge < -0.3 is 10.2 Å². The fourth-order valence-corrected chi connectivity index (χ4v) is 9.05. The van der Waals surface area contributed by atoms with Gasteiger partial charge in [-0.3, -0.25) is 43.8 Å². The van der Waals surface area contributed by atoms with Crippen molar-refractivity contribution in [3.05, 3.63) is 105 Å². The Hall–Kier alpha value is -6.28. The van der Waals surface area contributed by atoms with E-state index in [0.717, 1.165) is 77.3 Å². The lowest BCUT2D eigenvalue weighted by Gasteiger charge is -2.37. The van der Waals surface area contributed by atoms with Crippen molar-refractivity contribution in [3.63, 3.8) is 0 Å². The number of amides is 5. The minimum Gasteiger partial charge on any atom is -0.368 e. The smallest absolute Gasteiger partial charge is 0.264 e. The Morgan fingerprint density at radius 1 is 0.934 bits per heavy atom. The van der Waals surface area contributed by atoms with Crippen LogP contribution in [0.4, 0.5) is 5.69 Å². The highest BCUT2D eigenvalue weighted by atomic mass is 35.5. The molecule has 1 saturated carbocycles. The van der Waals surface area contributed by atoms with E-state index in [1.807, 2.05) is 35.9 Å². The van der Waals surface area contributed by atoms with E-state index in [4.69, 9.17) is 16.7 Å². The number of halogens is 1. The van der Waals surface area contributed by atoms with Crippen LogP contribution in [0.5, 0.6) is 0 Å². The number of fused-ring (bicyclic) bond motifs is 1. The predicted molar refractivity (Wildman–Crippen MR) is 230 cm³/mol. The van der Waals surface area contributed by atoms with Gasteiger partial charge in [-0.15, -0.1) is 0 Å². The number of hydrogen-bond donors (Lipinski definition) is 2. The Labute approximate surface area is 360 Å². The summed E-state index contributed by atoms with van der Waals surface area (Å²) in [4.78, 5) is 69.6. The zero-order valence-corrected chi connectivity index (χ0v) is 35.1. The van der Waals surface area contributed by atoms with E-state index >= 15 is 0 Å². The van der Waals surface area contributed by atoms with E-state index in [0.29, 0.717) is 54.6 Å². The Kier molecular flexibility index (Phi) is 12.1. The number of imide groups is 2. The van der Waals surface area contributed by atoms with Crippen LogP contribution in [0.1, 0.15) is 87.2 Å². The third-order valence-corrected chi connectivity index (χ3v) is 12.9. The highest BCUT2D eigenvalue weighted by Gasteiger charge is 2.46.